The molecule has 322 valence electrons. The van der Waals surface area contributed by atoms with Crippen molar-refractivity contribution in [3.63, 3.8) is 0 Å². The molecule has 8 nitrogen and oxygen atoms in total. The van der Waals surface area contributed by atoms with E-state index in [-0.39, 0.29) is 32.3 Å². The summed E-state index contributed by atoms with van der Waals surface area (Å²) >= 11 is 0. The van der Waals surface area contributed by atoms with E-state index in [0.29, 0.717) is 13.0 Å². The van der Waals surface area contributed by atoms with Gasteiger partial charge in [0.05, 0.1) is 19.8 Å². The van der Waals surface area contributed by atoms with Crippen LogP contribution in [0.25, 0.3) is 0 Å². The molecule has 0 spiro atoms. The maximum atomic E-state index is 12.6. The number of carbonyl (C=O) groups is 1. The maximum Gasteiger partial charge on any atom is 0.472 e. The molecule has 0 aromatic rings. The van der Waals surface area contributed by atoms with E-state index in [0.717, 1.165) is 70.6 Å². The van der Waals surface area contributed by atoms with E-state index in [9.17, 15) is 14.3 Å². The lowest BCUT2D eigenvalue weighted by atomic mass is 10.1. The first-order chi connectivity index (χ1) is 27.4. The van der Waals surface area contributed by atoms with Gasteiger partial charge in [-0.2, -0.15) is 0 Å². The summed E-state index contributed by atoms with van der Waals surface area (Å²) in [4.78, 5) is 22.5. The number of hydrogen-bond donors (Lipinski definition) is 2. The minimum Gasteiger partial charge on any atom is -0.457 e. The van der Waals surface area contributed by atoms with Crippen molar-refractivity contribution in [3.05, 3.63) is 85.1 Å². The molecule has 2 unspecified atom stereocenters. The number of unbranched alkanes of at least 4 members (excludes halogenated alkanes) is 14. The van der Waals surface area contributed by atoms with Crippen LogP contribution in [-0.4, -0.2) is 49.9 Å². The van der Waals surface area contributed by atoms with Gasteiger partial charge in [0.1, 0.15) is 6.10 Å². The van der Waals surface area contributed by atoms with Crippen LogP contribution in [0.15, 0.2) is 85.1 Å². The van der Waals surface area contributed by atoms with Crippen LogP contribution >= 0.6 is 7.82 Å². The Morgan fingerprint density at radius 3 is 1.52 bits per heavy atom. The van der Waals surface area contributed by atoms with Crippen LogP contribution in [0.3, 0.4) is 0 Å². The summed E-state index contributed by atoms with van der Waals surface area (Å²) in [5.41, 5.74) is 5.37. The van der Waals surface area contributed by atoms with E-state index in [2.05, 4.69) is 98.9 Å². The molecular weight excluding hydrogens is 721 g/mol. The normalized spacial score (nSPS) is 14.3. The third-order valence-corrected chi connectivity index (χ3v) is 9.78. The molecule has 9 heteroatoms. The zero-order chi connectivity index (χ0) is 40.9. The van der Waals surface area contributed by atoms with Gasteiger partial charge in [-0.05, 0) is 83.5 Å². The van der Waals surface area contributed by atoms with Crippen LogP contribution in [0.2, 0.25) is 0 Å². The van der Waals surface area contributed by atoms with Gasteiger partial charge in [-0.25, -0.2) is 4.57 Å². The average molecular weight is 804 g/mol. The summed E-state index contributed by atoms with van der Waals surface area (Å²) in [7, 11) is -4.30. The summed E-state index contributed by atoms with van der Waals surface area (Å²) in [6, 6.07) is 0. The smallest absolute Gasteiger partial charge is 0.457 e. The molecule has 0 rings (SSSR count). The zero-order valence-electron chi connectivity index (χ0n) is 35.6. The number of nitrogens with two attached hydrogens (primary N) is 1. The first-order valence-corrected chi connectivity index (χ1v) is 23.6. The highest BCUT2D eigenvalue weighted by molar-refractivity contribution is 7.47. The minimum atomic E-state index is -4.30. The Labute approximate surface area is 343 Å². The van der Waals surface area contributed by atoms with Crippen LogP contribution in [0.4, 0.5) is 0 Å². The van der Waals surface area contributed by atoms with E-state index < -0.39 is 13.9 Å². The molecule has 0 amide bonds. The Morgan fingerprint density at radius 2 is 1.00 bits per heavy atom. The van der Waals surface area contributed by atoms with Crippen molar-refractivity contribution < 1.29 is 32.8 Å². The number of rotatable bonds is 41. The molecule has 0 bridgehead atoms. The van der Waals surface area contributed by atoms with Crippen LogP contribution in [0.5, 0.6) is 0 Å². The topological polar surface area (TPSA) is 117 Å². The molecule has 0 aliphatic rings. The highest BCUT2D eigenvalue weighted by atomic mass is 31.2. The molecule has 0 aliphatic heterocycles. The summed E-state index contributed by atoms with van der Waals surface area (Å²) in [5, 5.41) is 0. The Balaban J connectivity index is 4.16. The standard InChI is InChI=1S/C47H82NO7P/c1-3-5-7-9-11-13-15-17-19-21-22-23-25-27-29-31-33-35-37-39-42-52-44-46(45-54-56(50,51)53-43-41-48)55-47(49)40-38-36-34-32-30-28-26-24-20-18-16-14-12-10-8-6-4-2/h5,7,11,13,17-20,22-23,27,29,33,35,46H,3-4,6,8-10,12,14-16,21,24-26,28,30-32,34,36-45,48H2,1-2H3,(H,50,51)/b7-5-,13-11-,19-17-,20-18-,23-22-,29-27-,35-33-. The average Bonchev–Trinajstić information content (AvgIpc) is 3.19. The predicted molar refractivity (Wildman–Crippen MR) is 238 cm³/mol. The molecule has 0 heterocycles. The Morgan fingerprint density at radius 1 is 0.554 bits per heavy atom. The zero-order valence-corrected chi connectivity index (χ0v) is 36.5. The van der Waals surface area contributed by atoms with Crippen molar-refractivity contribution in [2.45, 2.75) is 174 Å². The number of ether oxygens (including phenoxy) is 2. The quantitative estimate of drug-likeness (QED) is 0.0272. The van der Waals surface area contributed by atoms with Crippen LogP contribution < -0.4 is 5.73 Å². The Kier molecular flexibility index (Phi) is 42.0. The number of hydrogen-bond acceptors (Lipinski definition) is 7. The summed E-state index contributed by atoms with van der Waals surface area (Å²) in [6.45, 7) is 4.62. The molecule has 56 heavy (non-hydrogen) atoms. The van der Waals surface area contributed by atoms with Gasteiger partial charge in [0, 0.05) is 19.6 Å². The van der Waals surface area contributed by atoms with Gasteiger partial charge in [0.2, 0.25) is 0 Å². The lowest BCUT2D eigenvalue weighted by molar-refractivity contribution is -0.154. The van der Waals surface area contributed by atoms with Crippen molar-refractivity contribution in [2.75, 3.05) is 33.0 Å². The Bertz CT molecular complexity index is 1130. The van der Waals surface area contributed by atoms with E-state index in [1.54, 1.807) is 0 Å². The molecular formula is C47H82NO7P. The fourth-order valence-electron chi connectivity index (χ4n) is 5.59. The molecule has 0 aromatic carbocycles. The second-order valence-electron chi connectivity index (χ2n) is 14.2. The second kappa shape index (κ2) is 43.8. The largest absolute Gasteiger partial charge is 0.472 e. The van der Waals surface area contributed by atoms with Gasteiger partial charge in [-0.3, -0.25) is 13.8 Å². The fourth-order valence-corrected chi connectivity index (χ4v) is 6.36. The lowest BCUT2D eigenvalue weighted by Crippen LogP contribution is -2.28. The van der Waals surface area contributed by atoms with Crippen molar-refractivity contribution in [1.29, 1.82) is 0 Å². The SMILES string of the molecule is CC/C=C\C/C=C\C/C=C\C/C=C\C/C=C\C/C=C\CCCOCC(COP(=O)(O)OCCN)OC(=O)CCCCCCCCC/C=C\CCCCCCCC. The molecule has 0 aromatic heterocycles. The van der Waals surface area contributed by atoms with Gasteiger partial charge in [0.15, 0.2) is 0 Å². The van der Waals surface area contributed by atoms with Crippen molar-refractivity contribution >= 4 is 13.8 Å². The number of allylic oxidation sites excluding steroid dienone is 14. The molecule has 0 radical (unpaired) electrons. The maximum absolute atomic E-state index is 12.6. The Hall–Kier alpha value is -2.32. The molecule has 0 fully saturated rings. The van der Waals surface area contributed by atoms with Crippen molar-refractivity contribution in [3.8, 4) is 0 Å². The van der Waals surface area contributed by atoms with Gasteiger partial charge in [-0.15, -0.1) is 0 Å². The summed E-state index contributed by atoms with van der Waals surface area (Å²) < 4.78 is 33.4. The molecule has 0 saturated carbocycles. The van der Waals surface area contributed by atoms with Gasteiger partial charge >= 0.3 is 13.8 Å². The van der Waals surface area contributed by atoms with Crippen molar-refractivity contribution in [1.82, 2.24) is 0 Å². The van der Waals surface area contributed by atoms with Gasteiger partial charge in [0.25, 0.3) is 0 Å². The highest BCUT2D eigenvalue weighted by Gasteiger charge is 2.25. The third kappa shape index (κ3) is 42.8. The number of phosphoric ester groups is 1. The number of carbonyl (C=O) groups excluding carboxylic acids is 1. The molecule has 3 N–H and O–H groups in total. The summed E-state index contributed by atoms with van der Waals surface area (Å²) in [5.74, 6) is -0.358. The highest BCUT2D eigenvalue weighted by Crippen LogP contribution is 2.43. The monoisotopic (exact) mass is 804 g/mol. The van der Waals surface area contributed by atoms with E-state index >= 15 is 0 Å². The lowest BCUT2D eigenvalue weighted by Gasteiger charge is -2.20. The van der Waals surface area contributed by atoms with Crippen LogP contribution in [0, 0.1) is 0 Å². The number of phosphoric acid groups is 1. The van der Waals surface area contributed by atoms with E-state index in [1.165, 1.54) is 77.0 Å². The second-order valence-corrected chi connectivity index (χ2v) is 15.6. The third-order valence-electron chi connectivity index (χ3n) is 8.80. The summed E-state index contributed by atoms with van der Waals surface area (Å²) in [6.07, 6.45) is 56.1. The first-order valence-electron chi connectivity index (χ1n) is 22.1. The van der Waals surface area contributed by atoms with Crippen LogP contribution in [0.1, 0.15) is 168 Å². The predicted octanol–water partition coefficient (Wildman–Crippen LogP) is 13.3. The minimum absolute atomic E-state index is 0.0701. The first kappa shape index (κ1) is 53.7. The van der Waals surface area contributed by atoms with E-state index in [1.807, 2.05) is 0 Å². The van der Waals surface area contributed by atoms with Crippen LogP contribution in [-0.2, 0) is 27.9 Å². The number of esters is 1. The fraction of sp³-hybridized carbons (Fsp3) is 0.681. The van der Waals surface area contributed by atoms with Gasteiger partial charge in [-0.1, -0.05) is 163 Å². The molecule has 0 saturated heterocycles. The van der Waals surface area contributed by atoms with E-state index in [4.69, 9.17) is 24.3 Å². The van der Waals surface area contributed by atoms with Crippen molar-refractivity contribution in [2.24, 2.45) is 5.73 Å². The molecule has 2 atom stereocenters. The van der Waals surface area contributed by atoms with Gasteiger partial charge < -0.3 is 20.1 Å². The molecule has 0 aliphatic carbocycles.